The Labute approximate surface area is 331 Å². The van der Waals surface area contributed by atoms with Gasteiger partial charge in [0.2, 0.25) is 0 Å². The normalized spacial score (nSPS) is 26.1. The number of phenolic OH excluding ortho intramolecular Hbond substituents is 3. The van der Waals surface area contributed by atoms with Crippen molar-refractivity contribution in [2.24, 2.45) is 30.0 Å². The predicted octanol–water partition coefficient (Wildman–Crippen LogP) is 9.62. The smallest absolute Gasteiger partial charge is 0.133 e. The molecule has 3 aliphatic carbocycles. The lowest BCUT2D eigenvalue weighted by Crippen LogP contribution is -2.27. The third-order valence-corrected chi connectivity index (χ3v) is 11.6. The summed E-state index contributed by atoms with van der Waals surface area (Å²) in [4.78, 5) is 29.4. The van der Waals surface area contributed by atoms with Crippen molar-refractivity contribution in [2.75, 3.05) is 0 Å². The first kappa shape index (κ1) is 38.2. The van der Waals surface area contributed by atoms with Gasteiger partial charge >= 0.3 is 0 Å². The molecule has 1 heterocycles. The Morgan fingerprint density at radius 2 is 0.500 bits per heavy atom. The third-order valence-electron chi connectivity index (χ3n) is 10.9. The highest BCUT2D eigenvalue weighted by Crippen LogP contribution is 2.32. The molecule has 3 saturated carbocycles. The van der Waals surface area contributed by atoms with E-state index in [-0.39, 0.29) is 53.5 Å². The van der Waals surface area contributed by atoms with E-state index in [9.17, 15) is 15.3 Å². The van der Waals surface area contributed by atoms with Gasteiger partial charge in [-0.15, -0.1) is 0 Å². The molecule has 0 amide bonds. The second kappa shape index (κ2) is 17.6. The Morgan fingerprint density at radius 3 is 0.667 bits per heavy atom. The van der Waals surface area contributed by atoms with Crippen LogP contribution in [0.2, 0.25) is 15.1 Å². The molecule has 3 N–H and O–H groups in total. The SMILES string of the molecule is Oc1c2cc(Cl)cc1C=NC1CCCCC1N=Cc1cc(Cl)cc(c1O)C=NC1CCCCC1N=Cc1cc(Cl)cc(c1O)C=NC1CCCCC1N=C2. The Hall–Kier alpha value is -4.05. The van der Waals surface area contributed by atoms with E-state index in [1.165, 1.54) is 0 Å². The lowest BCUT2D eigenvalue weighted by molar-refractivity contribution is 0.389. The zero-order valence-corrected chi connectivity index (χ0v) is 32.3. The maximum Gasteiger partial charge on any atom is 0.133 e. The van der Waals surface area contributed by atoms with Crippen LogP contribution >= 0.6 is 34.8 Å². The number of phenols is 3. The summed E-state index contributed by atoms with van der Waals surface area (Å²) >= 11 is 19.7. The van der Waals surface area contributed by atoms with Gasteiger partial charge in [0.25, 0.3) is 0 Å². The number of aromatic hydroxyl groups is 3. The zero-order valence-electron chi connectivity index (χ0n) is 30.0. The van der Waals surface area contributed by atoms with Crippen LogP contribution in [-0.4, -0.2) is 88.9 Å². The van der Waals surface area contributed by atoms with E-state index in [1.54, 1.807) is 73.7 Å². The van der Waals surface area contributed by atoms with Crippen molar-refractivity contribution in [3.8, 4) is 17.2 Å². The molecule has 9 nitrogen and oxygen atoms in total. The summed E-state index contributed by atoms with van der Waals surface area (Å²) in [7, 11) is 0. The molecule has 0 radical (unpaired) electrons. The van der Waals surface area contributed by atoms with E-state index in [1.807, 2.05) is 0 Å². The predicted molar refractivity (Wildman–Crippen MR) is 223 cm³/mol. The summed E-state index contributed by atoms with van der Waals surface area (Å²) in [6, 6.07) is 9.49. The maximum absolute atomic E-state index is 11.3. The molecule has 12 heteroatoms. The van der Waals surface area contributed by atoms with Crippen molar-refractivity contribution in [1.29, 1.82) is 0 Å². The van der Waals surface area contributed by atoms with Gasteiger partial charge in [0.15, 0.2) is 0 Å². The van der Waals surface area contributed by atoms with Crippen LogP contribution in [0.25, 0.3) is 0 Å². The standard InChI is InChI=1S/C42H45Cl3N6O3/c43-31-13-25-19-46-34-7-1-2-8-35(34)47-20-26-14-32(44)16-28(41(26)53)22-49-38-11-5-6-12-39(38)51-24-30-18-33(45)17-29(42(30)54)23-50-37-10-4-3-9-36(37)48-21-27(15-31)40(25)52/h13-24,34-39,52-54H,1-12H2. The van der Waals surface area contributed by atoms with Crippen LogP contribution in [0.5, 0.6) is 17.2 Å². The molecule has 6 atom stereocenters. The Bertz CT molecular complexity index is 1670. The third kappa shape index (κ3) is 9.24. The molecule has 3 aromatic rings. The summed E-state index contributed by atoms with van der Waals surface area (Å²) in [5, 5.41) is 35.4. The fourth-order valence-electron chi connectivity index (χ4n) is 7.89. The van der Waals surface area contributed by atoms with Gasteiger partial charge in [-0.2, -0.15) is 0 Å². The van der Waals surface area contributed by atoms with Crippen LogP contribution in [0, 0.1) is 0 Å². The second-order valence-corrected chi connectivity index (χ2v) is 16.0. The molecule has 6 bridgehead atoms. The molecule has 0 saturated heterocycles. The molecular formula is C42H45Cl3N6O3. The number of rotatable bonds is 0. The highest BCUT2D eigenvalue weighted by Gasteiger charge is 2.26. The van der Waals surface area contributed by atoms with Crippen LogP contribution < -0.4 is 0 Å². The van der Waals surface area contributed by atoms with Crippen molar-refractivity contribution in [3.63, 3.8) is 0 Å². The van der Waals surface area contributed by atoms with E-state index < -0.39 is 0 Å². The first-order valence-electron chi connectivity index (χ1n) is 19.0. The molecule has 3 fully saturated rings. The molecule has 6 unspecified atom stereocenters. The molecule has 0 aromatic heterocycles. The van der Waals surface area contributed by atoms with Gasteiger partial charge in [0.1, 0.15) is 17.2 Å². The molecule has 7 rings (SSSR count). The van der Waals surface area contributed by atoms with Crippen LogP contribution in [0.4, 0.5) is 0 Å². The second-order valence-electron chi connectivity index (χ2n) is 14.7. The molecule has 0 spiro atoms. The fraction of sp³-hybridized carbons (Fsp3) is 0.429. The number of halogens is 3. The number of nitrogens with zero attached hydrogens (tertiary/aromatic N) is 6. The average Bonchev–Trinajstić information content (AvgIpc) is 3.17. The molecule has 3 aromatic carbocycles. The number of fused-ring (bicyclic) bond motifs is 9. The minimum atomic E-state index is -0.116. The molecular weight excluding hydrogens is 743 g/mol. The summed E-state index contributed by atoms with van der Waals surface area (Å²) < 4.78 is 0. The monoisotopic (exact) mass is 786 g/mol. The van der Waals surface area contributed by atoms with Crippen LogP contribution in [-0.2, 0) is 0 Å². The van der Waals surface area contributed by atoms with Crippen molar-refractivity contribution >= 4 is 72.1 Å². The van der Waals surface area contributed by atoms with Crippen molar-refractivity contribution in [1.82, 2.24) is 0 Å². The first-order chi connectivity index (χ1) is 26.2. The lowest BCUT2D eigenvalue weighted by Gasteiger charge is -2.26. The van der Waals surface area contributed by atoms with Gasteiger partial charge in [0.05, 0.1) is 36.3 Å². The summed E-state index contributed by atoms with van der Waals surface area (Å²) in [6.07, 6.45) is 21.2. The number of hydrogen-bond acceptors (Lipinski definition) is 9. The number of aliphatic imine (C=N–C) groups is 6. The minimum absolute atomic E-state index is 0.0481. The van der Waals surface area contributed by atoms with Gasteiger partial charge in [-0.25, -0.2) is 0 Å². The summed E-state index contributed by atoms with van der Waals surface area (Å²) in [5.74, 6) is 0.144. The Balaban J connectivity index is 1.29. The largest absolute Gasteiger partial charge is 0.507 e. The highest BCUT2D eigenvalue weighted by molar-refractivity contribution is 6.32. The fourth-order valence-corrected chi connectivity index (χ4v) is 8.60. The highest BCUT2D eigenvalue weighted by atomic mass is 35.5. The van der Waals surface area contributed by atoms with Gasteiger partial charge in [-0.1, -0.05) is 73.3 Å². The van der Waals surface area contributed by atoms with Crippen LogP contribution in [0.1, 0.15) is 110 Å². The van der Waals surface area contributed by atoms with Gasteiger partial charge in [-0.3, -0.25) is 30.0 Å². The Morgan fingerprint density at radius 1 is 0.333 bits per heavy atom. The van der Waals surface area contributed by atoms with E-state index in [0.717, 1.165) is 77.0 Å². The van der Waals surface area contributed by atoms with Crippen LogP contribution in [0.3, 0.4) is 0 Å². The first-order valence-corrected chi connectivity index (χ1v) is 20.1. The van der Waals surface area contributed by atoms with Crippen molar-refractivity contribution in [3.05, 3.63) is 84.8 Å². The number of benzene rings is 3. The molecule has 54 heavy (non-hydrogen) atoms. The van der Waals surface area contributed by atoms with Gasteiger partial charge < -0.3 is 15.3 Å². The average molecular weight is 788 g/mol. The van der Waals surface area contributed by atoms with E-state index in [2.05, 4.69) is 0 Å². The van der Waals surface area contributed by atoms with Crippen LogP contribution in [0.15, 0.2) is 66.4 Å². The Kier molecular flexibility index (Phi) is 12.5. The topological polar surface area (TPSA) is 135 Å². The maximum atomic E-state index is 11.3. The van der Waals surface area contributed by atoms with Gasteiger partial charge in [0, 0.05) is 85.7 Å². The summed E-state index contributed by atoms with van der Waals surface area (Å²) in [6.45, 7) is 0. The van der Waals surface area contributed by atoms with E-state index >= 15 is 0 Å². The molecule has 1 aliphatic heterocycles. The molecule has 282 valence electrons. The van der Waals surface area contributed by atoms with E-state index in [0.29, 0.717) is 48.4 Å². The van der Waals surface area contributed by atoms with Crippen molar-refractivity contribution < 1.29 is 15.3 Å². The molecule has 4 aliphatic rings. The summed E-state index contributed by atoms with van der Waals surface area (Å²) in [5.41, 5.74) is 3.00. The lowest BCUT2D eigenvalue weighted by atomic mass is 9.91. The minimum Gasteiger partial charge on any atom is -0.507 e. The van der Waals surface area contributed by atoms with E-state index in [4.69, 9.17) is 64.8 Å². The number of hydrogen-bond donors (Lipinski definition) is 3. The van der Waals surface area contributed by atoms with Crippen molar-refractivity contribution in [2.45, 2.75) is 113 Å². The quantitative estimate of drug-likeness (QED) is 0.209. The zero-order chi connectivity index (χ0) is 37.6. The van der Waals surface area contributed by atoms with Gasteiger partial charge in [-0.05, 0) is 74.9 Å².